The molecule has 0 aromatic heterocycles. The molecule has 1 unspecified atom stereocenters. The van der Waals surface area contributed by atoms with Gasteiger partial charge in [-0.3, -0.25) is 9.10 Å². The van der Waals surface area contributed by atoms with Crippen molar-refractivity contribution >= 4 is 33.2 Å². The molecule has 0 saturated heterocycles. The highest BCUT2D eigenvalue weighted by Gasteiger charge is 2.22. The third-order valence-corrected chi connectivity index (χ3v) is 4.57. The van der Waals surface area contributed by atoms with E-state index in [1.807, 2.05) is 13.8 Å². The zero-order valence-corrected chi connectivity index (χ0v) is 14.7. The molecule has 0 spiro atoms. The van der Waals surface area contributed by atoms with Crippen LogP contribution >= 0.6 is 11.6 Å². The average molecular weight is 349 g/mol. The van der Waals surface area contributed by atoms with Gasteiger partial charge in [-0.1, -0.05) is 18.5 Å². The van der Waals surface area contributed by atoms with E-state index in [4.69, 9.17) is 16.3 Å². The van der Waals surface area contributed by atoms with E-state index in [-0.39, 0.29) is 23.5 Å². The Morgan fingerprint density at radius 3 is 2.55 bits per heavy atom. The molecule has 0 bridgehead atoms. The summed E-state index contributed by atoms with van der Waals surface area (Å²) in [6, 6.07) is 4.54. The Hall–Kier alpha value is -1.47. The zero-order chi connectivity index (χ0) is 16.9. The second-order valence-electron chi connectivity index (χ2n) is 4.97. The van der Waals surface area contributed by atoms with Crippen LogP contribution in [0.25, 0.3) is 0 Å². The second-order valence-corrected chi connectivity index (χ2v) is 7.28. The van der Waals surface area contributed by atoms with Crippen molar-refractivity contribution in [1.82, 2.24) is 5.32 Å². The molecule has 1 amide bonds. The minimum Gasteiger partial charge on any atom is -0.495 e. The van der Waals surface area contributed by atoms with Gasteiger partial charge in [0, 0.05) is 6.04 Å². The van der Waals surface area contributed by atoms with Gasteiger partial charge in [0.05, 0.1) is 24.1 Å². The van der Waals surface area contributed by atoms with Gasteiger partial charge in [0.1, 0.15) is 12.3 Å². The molecule has 1 N–H and O–H groups in total. The summed E-state index contributed by atoms with van der Waals surface area (Å²) in [4.78, 5) is 12.0. The molecule has 0 heterocycles. The number of benzene rings is 1. The number of methoxy groups -OCH3 is 1. The van der Waals surface area contributed by atoms with Crippen LogP contribution in [0, 0.1) is 0 Å². The van der Waals surface area contributed by atoms with E-state index in [0.29, 0.717) is 11.4 Å². The first-order valence-corrected chi connectivity index (χ1v) is 9.02. The molecule has 0 aliphatic rings. The number of carbonyl (C=O) groups excluding carboxylic acids is 1. The molecular formula is C14H21ClN2O4S. The highest BCUT2D eigenvalue weighted by Crippen LogP contribution is 2.30. The number of halogens is 1. The SMILES string of the molecule is CCC(C)NC(=O)CN(c1ccc(OC)c(Cl)c1)S(C)(=O)=O. The average Bonchev–Trinajstić information content (AvgIpc) is 2.43. The van der Waals surface area contributed by atoms with Crippen LogP contribution in [0.2, 0.25) is 5.02 Å². The van der Waals surface area contributed by atoms with Crippen molar-refractivity contribution in [3.63, 3.8) is 0 Å². The number of anilines is 1. The summed E-state index contributed by atoms with van der Waals surface area (Å²) in [5, 5.41) is 3.01. The lowest BCUT2D eigenvalue weighted by atomic mass is 10.2. The highest BCUT2D eigenvalue weighted by atomic mass is 35.5. The van der Waals surface area contributed by atoms with Crippen molar-refractivity contribution in [2.75, 3.05) is 24.2 Å². The normalized spacial score (nSPS) is 12.6. The van der Waals surface area contributed by atoms with Gasteiger partial charge in [0.25, 0.3) is 0 Å². The maximum atomic E-state index is 12.0. The number of hydrogen-bond acceptors (Lipinski definition) is 4. The van der Waals surface area contributed by atoms with Crippen LogP contribution in [0.3, 0.4) is 0 Å². The Labute approximate surface area is 136 Å². The van der Waals surface area contributed by atoms with Crippen molar-refractivity contribution in [3.8, 4) is 5.75 Å². The summed E-state index contributed by atoms with van der Waals surface area (Å²) < 4.78 is 30.0. The third kappa shape index (κ3) is 5.06. The van der Waals surface area contributed by atoms with E-state index in [1.165, 1.54) is 13.2 Å². The fourth-order valence-electron chi connectivity index (χ4n) is 1.76. The Morgan fingerprint density at radius 2 is 2.09 bits per heavy atom. The summed E-state index contributed by atoms with van der Waals surface area (Å²) in [5.74, 6) is 0.0645. The van der Waals surface area contributed by atoms with E-state index >= 15 is 0 Å². The predicted octanol–water partition coefficient (Wildman–Crippen LogP) is 2.03. The van der Waals surface area contributed by atoms with Gasteiger partial charge >= 0.3 is 0 Å². The van der Waals surface area contributed by atoms with E-state index in [0.717, 1.165) is 17.0 Å². The van der Waals surface area contributed by atoms with Crippen molar-refractivity contribution in [2.45, 2.75) is 26.3 Å². The van der Waals surface area contributed by atoms with Crippen LogP contribution in [0.5, 0.6) is 5.75 Å². The highest BCUT2D eigenvalue weighted by molar-refractivity contribution is 7.92. The number of nitrogens with zero attached hydrogens (tertiary/aromatic N) is 1. The van der Waals surface area contributed by atoms with Gasteiger partial charge in [0.15, 0.2) is 0 Å². The Balaban J connectivity index is 3.05. The molecule has 6 nitrogen and oxygen atoms in total. The zero-order valence-electron chi connectivity index (χ0n) is 13.1. The summed E-state index contributed by atoms with van der Waals surface area (Å²) >= 11 is 6.02. The first kappa shape index (κ1) is 18.6. The van der Waals surface area contributed by atoms with Gasteiger partial charge in [-0.25, -0.2) is 8.42 Å². The number of carbonyl (C=O) groups is 1. The Bertz CT molecular complexity index is 634. The number of rotatable bonds is 7. The molecule has 1 atom stereocenters. The first-order chi connectivity index (χ1) is 10.2. The van der Waals surface area contributed by atoms with E-state index in [1.54, 1.807) is 12.1 Å². The van der Waals surface area contributed by atoms with Gasteiger partial charge in [-0.15, -0.1) is 0 Å². The van der Waals surface area contributed by atoms with Gasteiger partial charge in [-0.05, 0) is 31.5 Å². The molecule has 0 fully saturated rings. The van der Waals surface area contributed by atoms with Crippen molar-refractivity contribution in [2.24, 2.45) is 0 Å². The monoisotopic (exact) mass is 348 g/mol. The molecule has 1 rings (SSSR count). The van der Waals surface area contributed by atoms with Crippen molar-refractivity contribution in [3.05, 3.63) is 23.2 Å². The molecule has 124 valence electrons. The van der Waals surface area contributed by atoms with E-state index < -0.39 is 10.0 Å². The minimum atomic E-state index is -3.62. The fourth-order valence-corrected chi connectivity index (χ4v) is 2.86. The quantitative estimate of drug-likeness (QED) is 0.818. The lowest BCUT2D eigenvalue weighted by Crippen LogP contribution is -2.43. The molecule has 1 aromatic rings. The maximum Gasteiger partial charge on any atom is 0.240 e. The lowest BCUT2D eigenvalue weighted by molar-refractivity contribution is -0.120. The molecule has 0 radical (unpaired) electrons. The second kappa shape index (κ2) is 7.69. The van der Waals surface area contributed by atoms with Crippen LogP contribution in [0.15, 0.2) is 18.2 Å². The molecular weight excluding hydrogens is 328 g/mol. The van der Waals surface area contributed by atoms with Crippen molar-refractivity contribution in [1.29, 1.82) is 0 Å². The van der Waals surface area contributed by atoms with Crippen LogP contribution in [-0.4, -0.2) is 40.3 Å². The Morgan fingerprint density at radius 1 is 1.45 bits per heavy atom. The lowest BCUT2D eigenvalue weighted by Gasteiger charge is -2.23. The number of ether oxygens (including phenoxy) is 1. The van der Waals surface area contributed by atoms with E-state index in [2.05, 4.69) is 5.32 Å². The van der Waals surface area contributed by atoms with Crippen LogP contribution < -0.4 is 14.4 Å². The van der Waals surface area contributed by atoms with Crippen molar-refractivity contribution < 1.29 is 17.9 Å². The molecule has 0 aliphatic heterocycles. The number of hydrogen-bond donors (Lipinski definition) is 1. The predicted molar refractivity (Wildman–Crippen MR) is 88.1 cm³/mol. The third-order valence-electron chi connectivity index (χ3n) is 3.13. The van der Waals surface area contributed by atoms with Gasteiger partial charge in [0.2, 0.25) is 15.9 Å². The summed E-state index contributed by atoms with van der Waals surface area (Å²) in [6.45, 7) is 3.49. The smallest absolute Gasteiger partial charge is 0.240 e. The van der Waals surface area contributed by atoms with Crippen LogP contribution in [-0.2, 0) is 14.8 Å². The fraction of sp³-hybridized carbons (Fsp3) is 0.500. The molecule has 0 aliphatic carbocycles. The van der Waals surface area contributed by atoms with Crippen LogP contribution in [0.4, 0.5) is 5.69 Å². The number of amides is 1. The molecule has 1 aromatic carbocycles. The molecule has 0 saturated carbocycles. The maximum absolute atomic E-state index is 12.0. The van der Waals surface area contributed by atoms with Gasteiger partial charge in [-0.2, -0.15) is 0 Å². The number of sulfonamides is 1. The van der Waals surface area contributed by atoms with Gasteiger partial charge < -0.3 is 10.1 Å². The largest absolute Gasteiger partial charge is 0.495 e. The number of nitrogens with one attached hydrogen (secondary N) is 1. The van der Waals surface area contributed by atoms with Crippen LogP contribution in [0.1, 0.15) is 20.3 Å². The minimum absolute atomic E-state index is 0.0200. The topological polar surface area (TPSA) is 75.7 Å². The first-order valence-electron chi connectivity index (χ1n) is 6.79. The molecule has 8 heteroatoms. The summed E-state index contributed by atoms with van der Waals surface area (Å²) in [5.41, 5.74) is 0.313. The summed E-state index contributed by atoms with van der Waals surface area (Å²) in [7, 11) is -2.15. The Kier molecular flexibility index (Phi) is 6.49. The standard InChI is InChI=1S/C14H21ClN2O4S/c1-5-10(2)16-14(18)9-17(22(4,19)20)11-6-7-13(21-3)12(15)8-11/h6-8,10H,5,9H2,1-4H3,(H,16,18). The summed E-state index contributed by atoms with van der Waals surface area (Å²) in [6.07, 6.45) is 1.81. The van der Waals surface area contributed by atoms with E-state index in [9.17, 15) is 13.2 Å². The molecule has 22 heavy (non-hydrogen) atoms.